The highest BCUT2D eigenvalue weighted by Crippen LogP contribution is 2.02. The zero-order valence-electron chi connectivity index (χ0n) is 8.53. The molecular weight excluding hydrogens is 144 g/mol. The van der Waals surface area contributed by atoms with Crippen molar-refractivity contribution in [1.29, 1.82) is 0 Å². The smallest absolute Gasteiger partial charge is 0.337 e. The van der Waals surface area contributed by atoms with Crippen LogP contribution < -0.4 is 5.32 Å². The lowest BCUT2D eigenvalue weighted by atomic mass is 10.3. The molecule has 0 spiro atoms. The van der Waals surface area contributed by atoms with Crippen molar-refractivity contribution in [1.82, 2.24) is 4.98 Å². The number of carboxylic acids is 1. The lowest BCUT2D eigenvalue weighted by Gasteiger charge is -1.97. The molecule has 1 rings (SSSR count). The number of carboxylic acid groups (broad SMARTS) is 1. The van der Waals surface area contributed by atoms with Crippen molar-refractivity contribution in [2.75, 3.05) is 12.3 Å². The molecule has 0 saturated heterocycles. The molecule has 0 aliphatic carbocycles. The van der Waals surface area contributed by atoms with Crippen LogP contribution in [0, 0.1) is 0 Å². The van der Waals surface area contributed by atoms with Crippen LogP contribution >= 0.6 is 0 Å². The van der Waals surface area contributed by atoms with E-state index in [1.165, 1.54) is 12.1 Å². The molecule has 1 aromatic heterocycles. The number of aromatic nitrogens is 1. The lowest BCUT2D eigenvalue weighted by Crippen LogP contribution is -1.98. The molecule has 1 heterocycles. The molecule has 11 heavy (non-hydrogen) atoms. The molecule has 0 saturated carbocycles. The predicted molar refractivity (Wildman–Crippen MR) is 40.7 cm³/mol. The summed E-state index contributed by atoms with van der Waals surface area (Å²) in [6.07, 6.45) is 1.09. The van der Waals surface area contributed by atoms with Gasteiger partial charge in [0.25, 0.3) is 0 Å². The molecule has 1 aromatic rings. The molecule has 4 nitrogen and oxygen atoms in total. The highest BCUT2D eigenvalue weighted by molar-refractivity contribution is 5.87. The van der Waals surface area contributed by atoms with Gasteiger partial charge in [-0.15, -0.1) is 0 Å². The molecule has 0 aromatic carbocycles. The Morgan fingerprint density at radius 3 is 3.09 bits per heavy atom. The maximum Gasteiger partial charge on any atom is 0.337 e. The van der Waals surface area contributed by atoms with Crippen LogP contribution in [0.3, 0.4) is 0 Å². The van der Waals surface area contributed by atoms with Gasteiger partial charge in [0.1, 0.15) is 5.82 Å². The van der Waals surface area contributed by atoms with Gasteiger partial charge in [-0.2, -0.15) is 0 Å². The first-order valence-corrected chi connectivity index (χ1v) is 2.86. The van der Waals surface area contributed by atoms with E-state index in [2.05, 4.69) is 10.3 Å². The molecule has 0 bridgehead atoms. The van der Waals surface area contributed by atoms with Crippen LogP contribution in [0.15, 0.2) is 18.3 Å². The third-order valence-electron chi connectivity index (χ3n) is 1.14. The Labute approximate surface area is 68.1 Å². The van der Waals surface area contributed by atoms with Gasteiger partial charge in [-0.25, -0.2) is 9.78 Å². The van der Waals surface area contributed by atoms with E-state index in [0.717, 1.165) is 6.20 Å². The summed E-state index contributed by atoms with van der Waals surface area (Å²) < 4.78 is 20.6. The molecule has 0 aliphatic rings. The van der Waals surface area contributed by atoms with Gasteiger partial charge in [0.15, 0.2) is 0 Å². The molecule has 4 heteroatoms. The Hall–Kier alpha value is -1.58. The molecular formula is C7H8N2O2. The summed E-state index contributed by atoms with van der Waals surface area (Å²) in [5.41, 5.74) is 0.0149. The van der Waals surface area contributed by atoms with Crippen molar-refractivity contribution >= 4 is 11.8 Å². The normalized spacial score (nSPS) is 14.4. The summed E-state index contributed by atoms with van der Waals surface area (Å²) in [5.74, 6) is -0.979. The minimum atomic E-state index is -2.32. The zero-order chi connectivity index (χ0) is 10.8. The monoisotopic (exact) mass is 155 g/mol. The summed E-state index contributed by atoms with van der Waals surface area (Å²) in [6.45, 7) is -2.32. The second-order valence-electron chi connectivity index (χ2n) is 1.86. The van der Waals surface area contributed by atoms with Crippen LogP contribution in [0.25, 0.3) is 0 Å². The van der Waals surface area contributed by atoms with E-state index >= 15 is 0 Å². The number of aromatic carboxylic acids is 1. The van der Waals surface area contributed by atoms with Gasteiger partial charge in [-0.3, -0.25) is 0 Å². The Morgan fingerprint density at radius 2 is 2.64 bits per heavy atom. The first-order chi connectivity index (χ1) is 6.38. The van der Waals surface area contributed by atoms with Gasteiger partial charge in [-0.05, 0) is 12.1 Å². The molecule has 0 unspecified atom stereocenters. The fraction of sp³-hybridized carbons (Fsp3) is 0.143. The van der Waals surface area contributed by atoms with E-state index in [1.807, 2.05) is 0 Å². The second kappa shape index (κ2) is 3.01. The quantitative estimate of drug-likeness (QED) is 0.663. The van der Waals surface area contributed by atoms with E-state index in [4.69, 9.17) is 9.22 Å². The average molecular weight is 155 g/mol. The van der Waals surface area contributed by atoms with E-state index in [9.17, 15) is 4.79 Å². The van der Waals surface area contributed by atoms with Crippen molar-refractivity contribution in [3.63, 3.8) is 0 Å². The first-order valence-electron chi connectivity index (χ1n) is 4.36. The Bertz CT molecular complexity index is 334. The molecule has 0 radical (unpaired) electrons. The highest BCUT2D eigenvalue weighted by atomic mass is 16.4. The number of nitrogens with zero attached hydrogens (tertiary/aromatic N) is 1. The van der Waals surface area contributed by atoms with E-state index in [-0.39, 0.29) is 11.4 Å². The molecule has 0 aliphatic heterocycles. The van der Waals surface area contributed by atoms with E-state index in [0.29, 0.717) is 0 Å². The van der Waals surface area contributed by atoms with Gasteiger partial charge in [0, 0.05) is 17.3 Å². The zero-order valence-corrected chi connectivity index (χ0v) is 5.53. The number of hydrogen-bond acceptors (Lipinski definition) is 3. The lowest BCUT2D eigenvalue weighted by molar-refractivity contribution is 0.0696. The van der Waals surface area contributed by atoms with E-state index < -0.39 is 12.9 Å². The van der Waals surface area contributed by atoms with Crippen molar-refractivity contribution < 1.29 is 14.0 Å². The fourth-order valence-corrected chi connectivity index (χ4v) is 0.594. The van der Waals surface area contributed by atoms with Crippen LogP contribution in [0.2, 0.25) is 0 Å². The molecule has 0 fully saturated rings. The maximum atomic E-state index is 10.4. The standard InChI is InChI=1S/C7H8N2O2/c1-8-6-3-2-5(4-9-6)7(10)11/h2-4H,1H3,(H,8,9)(H,10,11)/i1D3. The van der Waals surface area contributed by atoms with Gasteiger partial charge in [0.2, 0.25) is 0 Å². The van der Waals surface area contributed by atoms with E-state index in [1.54, 1.807) is 0 Å². The number of rotatable bonds is 2. The number of hydrogen-bond donors (Lipinski definition) is 2. The van der Waals surface area contributed by atoms with Crippen LogP contribution in [0.5, 0.6) is 0 Å². The topological polar surface area (TPSA) is 62.2 Å². The predicted octanol–water partition coefficient (Wildman–Crippen LogP) is 0.821. The number of pyridine rings is 1. The largest absolute Gasteiger partial charge is 0.478 e. The number of carbonyl (C=O) groups is 1. The van der Waals surface area contributed by atoms with Crippen LogP contribution in [-0.4, -0.2) is 23.0 Å². The Balaban J connectivity index is 2.79. The SMILES string of the molecule is [2H]C([2H])([2H])Nc1ccc(C(=O)O)cn1. The maximum absolute atomic E-state index is 10.4. The number of anilines is 1. The van der Waals surface area contributed by atoms with Crippen LogP contribution in [-0.2, 0) is 0 Å². The third kappa shape index (κ3) is 1.67. The Kier molecular flexibility index (Phi) is 1.18. The van der Waals surface area contributed by atoms with Crippen molar-refractivity contribution in [2.24, 2.45) is 0 Å². The van der Waals surface area contributed by atoms with Crippen molar-refractivity contribution in [2.45, 2.75) is 0 Å². The minimum absolute atomic E-state index is 0.0149. The molecule has 58 valence electrons. The summed E-state index contributed by atoms with van der Waals surface area (Å²) in [6, 6.07) is 2.58. The molecule has 0 atom stereocenters. The summed E-state index contributed by atoms with van der Waals surface area (Å²) in [4.78, 5) is 14.1. The molecule has 0 amide bonds. The fourth-order valence-electron chi connectivity index (χ4n) is 0.594. The summed E-state index contributed by atoms with van der Waals surface area (Å²) >= 11 is 0. The summed E-state index contributed by atoms with van der Waals surface area (Å²) in [5, 5.41) is 10.7. The van der Waals surface area contributed by atoms with Gasteiger partial charge < -0.3 is 10.4 Å². The van der Waals surface area contributed by atoms with Gasteiger partial charge in [-0.1, -0.05) is 0 Å². The highest BCUT2D eigenvalue weighted by Gasteiger charge is 2.00. The minimum Gasteiger partial charge on any atom is -0.478 e. The second-order valence-corrected chi connectivity index (χ2v) is 1.86. The van der Waals surface area contributed by atoms with Crippen LogP contribution in [0.1, 0.15) is 14.5 Å². The average Bonchev–Trinajstić information content (AvgIpc) is 2.02. The first kappa shape index (κ1) is 4.33. The summed E-state index contributed by atoms with van der Waals surface area (Å²) in [7, 11) is 0. The van der Waals surface area contributed by atoms with Gasteiger partial charge >= 0.3 is 5.97 Å². The van der Waals surface area contributed by atoms with Crippen molar-refractivity contribution in [3.8, 4) is 0 Å². The van der Waals surface area contributed by atoms with Crippen molar-refractivity contribution in [3.05, 3.63) is 23.9 Å². The molecule has 2 N–H and O–H groups in total. The number of nitrogens with one attached hydrogen (secondary N) is 1. The van der Waals surface area contributed by atoms with Gasteiger partial charge in [0.05, 0.1) is 5.56 Å². The van der Waals surface area contributed by atoms with Crippen LogP contribution in [0.4, 0.5) is 5.82 Å². The third-order valence-corrected chi connectivity index (χ3v) is 1.14. The Morgan fingerprint density at radius 1 is 1.82 bits per heavy atom.